The molecule has 3 N–H and O–H groups in total. The summed E-state index contributed by atoms with van der Waals surface area (Å²) in [5.41, 5.74) is 2.14. The third-order valence-electron chi connectivity index (χ3n) is 11.4. The van der Waals surface area contributed by atoms with Crippen LogP contribution in [-0.2, 0) is 19.1 Å². The number of carbonyl (C=O) groups excluding carboxylic acids is 2. The van der Waals surface area contributed by atoms with E-state index in [4.69, 9.17) is 14.7 Å². The summed E-state index contributed by atoms with van der Waals surface area (Å²) in [7, 11) is 3.91. The van der Waals surface area contributed by atoms with E-state index in [1.807, 2.05) is 19.0 Å². The van der Waals surface area contributed by atoms with Crippen molar-refractivity contribution >= 4 is 11.9 Å². The first kappa shape index (κ1) is 56.0. The van der Waals surface area contributed by atoms with Gasteiger partial charge in [0, 0.05) is 33.5 Å². The minimum absolute atomic E-state index is 0.0162. The Hall–Kier alpha value is -2.00. The number of rotatable bonds is 46. The minimum atomic E-state index is -0.0287. The molecule has 0 atom stereocenters. The Balaban J connectivity index is 4.48. The highest BCUT2D eigenvalue weighted by molar-refractivity contribution is 5.69. The van der Waals surface area contributed by atoms with E-state index in [2.05, 4.69) is 36.5 Å². The van der Waals surface area contributed by atoms with Gasteiger partial charge in [-0.15, -0.1) is 0 Å². The summed E-state index contributed by atoms with van der Waals surface area (Å²) in [6.45, 7) is 11.4. The van der Waals surface area contributed by atoms with Crippen molar-refractivity contribution in [1.29, 1.82) is 0 Å². The second-order valence-corrected chi connectivity index (χ2v) is 17.3. The van der Waals surface area contributed by atoms with Gasteiger partial charge in [0.1, 0.15) is 11.9 Å². The summed E-state index contributed by atoms with van der Waals surface area (Å²) in [6, 6.07) is 0. The number of carbonyl (C=O) groups is 2. The van der Waals surface area contributed by atoms with Gasteiger partial charge in [-0.2, -0.15) is 0 Å². The molecular weight excluding hydrogens is 725 g/mol. The van der Waals surface area contributed by atoms with Crippen molar-refractivity contribution in [1.82, 2.24) is 20.6 Å². The van der Waals surface area contributed by atoms with Gasteiger partial charge in [0.25, 0.3) is 0 Å². The van der Waals surface area contributed by atoms with Gasteiger partial charge < -0.3 is 24.6 Å². The average Bonchev–Trinajstić information content (AvgIpc) is 3.21. The van der Waals surface area contributed by atoms with Crippen LogP contribution in [0.3, 0.4) is 0 Å². The van der Waals surface area contributed by atoms with Crippen LogP contribution in [0.1, 0.15) is 239 Å². The largest absolute Gasteiger partial charge is 0.466 e. The zero-order chi connectivity index (χ0) is 42.6. The molecule has 0 aromatic heterocycles. The van der Waals surface area contributed by atoms with Gasteiger partial charge in [-0.1, -0.05) is 162 Å². The topological polar surface area (TPSA) is 103 Å². The number of nitrogens with zero attached hydrogens (tertiary/aromatic N) is 2. The predicted octanol–water partition coefficient (Wildman–Crippen LogP) is 13.0. The molecule has 0 fully saturated rings. The molecule has 0 radical (unpaired) electrons. The Morgan fingerprint density at radius 1 is 0.534 bits per heavy atom. The molecule has 58 heavy (non-hydrogen) atoms. The van der Waals surface area contributed by atoms with Gasteiger partial charge in [0.2, 0.25) is 0 Å². The molecule has 0 aromatic carbocycles. The van der Waals surface area contributed by atoms with Gasteiger partial charge in [-0.3, -0.25) is 20.3 Å². The molecule has 0 heterocycles. The van der Waals surface area contributed by atoms with Crippen LogP contribution >= 0.6 is 0 Å². The van der Waals surface area contributed by atoms with Gasteiger partial charge in [-0.25, -0.2) is 0 Å². The summed E-state index contributed by atoms with van der Waals surface area (Å²) in [5, 5.41) is 12.5. The molecule has 0 aliphatic rings. The first-order valence-corrected chi connectivity index (χ1v) is 25.0. The number of esters is 2. The second kappa shape index (κ2) is 44.5. The van der Waals surface area contributed by atoms with Crippen LogP contribution in [0.4, 0.5) is 0 Å². The Bertz CT molecular complexity index is 902. The summed E-state index contributed by atoms with van der Waals surface area (Å²) >= 11 is 0. The lowest BCUT2D eigenvalue weighted by atomic mass is 10.0. The smallest absolute Gasteiger partial charge is 0.306 e. The first-order chi connectivity index (χ1) is 28.4. The molecule has 0 rings (SSSR count). The fraction of sp³-hybridized carbons (Fsp3) is 0.918. The van der Waals surface area contributed by atoms with Crippen LogP contribution in [0.25, 0.3) is 0 Å². The minimum Gasteiger partial charge on any atom is -0.466 e. The molecule has 344 valence electrons. The third kappa shape index (κ3) is 39.5. The Morgan fingerprint density at radius 2 is 0.948 bits per heavy atom. The standard InChI is InChI=1S/C49H98N4O5/c1-6-9-12-15-18-27-34-44-57-48(54)38-30-23-19-25-32-41-53(43-35-40-50-47(45-51-56)52(4)5)42-33-26-20-24-31-39-49(55)58-46(36-28-21-16-13-10-7-2)37-29-22-17-14-11-8-3/h45-46,50-51,56H,6-44H2,1-5H3/b47-45-. The van der Waals surface area contributed by atoms with Crippen LogP contribution in [0.15, 0.2) is 12.0 Å². The van der Waals surface area contributed by atoms with Crippen molar-refractivity contribution < 1.29 is 24.3 Å². The maximum atomic E-state index is 12.8. The Kier molecular flexibility index (Phi) is 43.0. The molecule has 9 heteroatoms. The van der Waals surface area contributed by atoms with Crippen LogP contribution in [0.5, 0.6) is 0 Å². The van der Waals surface area contributed by atoms with Crippen molar-refractivity contribution in [3.05, 3.63) is 12.0 Å². The lowest BCUT2D eigenvalue weighted by molar-refractivity contribution is -0.150. The predicted molar refractivity (Wildman–Crippen MR) is 246 cm³/mol. The van der Waals surface area contributed by atoms with Crippen molar-refractivity contribution in [2.45, 2.75) is 245 Å². The zero-order valence-corrected chi connectivity index (χ0v) is 39.2. The quantitative estimate of drug-likeness (QED) is 0.0314. The molecule has 0 bridgehead atoms. The number of hydrogen-bond acceptors (Lipinski definition) is 9. The van der Waals surface area contributed by atoms with Gasteiger partial charge in [0.05, 0.1) is 12.8 Å². The van der Waals surface area contributed by atoms with E-state index in [0.29, 0.717) is 19.4 Å². The van der Waals surface area contributed by atoms with Crippen molar-refractivity contribution in [2.75, 3.05) is 46.9 Å². The molecule has 0 aliphatic carbocycles. The van der Waals surface area contributed by atoms with Crippen LogP contribution in [0.2, 0.25) is 0 Å². The Morgan fingerprint density at radius 3 is 1.43 bits per heavy atom. The zero-order valence-electron chi connectivity index (χ0n) is 39.2. The molecule has 0 aliphatic heterocycles. The molecule has 0 unspecified atom stereocenters. The number of hydroxylamine groups is 1. The molecular formula is C49H98N4O5. The summed E-state index contributed by atoms with van der Waals surface area (Å²) in [4.78, 5) is 29.5. The van der Waals surface area contributed by atoms with Crippen LogP contribution < -0.4 is 10.8 Å². The molecule has 0 spiro atoms. The third-order valence-corrected chi connectivity index (χ3v) is 11.4. The molecule has 9 nitrogen and oxygen atoms in total. The number of nitrogens with one attached hydrogen (secondary N) is 2. The average molecular weight is 823 g/mol. The molecule has 0 saturated carbocycles. The summed E-state index contributed by atoms with van der Waals surface area (Å²) < 4.78 is 11.5. The molecule has 0 amide bonds. The maximum absolute atomic E-state index is 12.8. The highest BCUT2D eigenvalue weighted by Gasteiger charge is 2.14. The number of unbranched alkanes of at least 4 members (excludes halogenated alkanes) is 24. The SMILES string of the molecule is CCCCCCCCCOC(=O)CCCCCCCN(CCCCCCCC(=O)OC(CCCCCCCC)CCCCCCCC)CCCN/C(=C/NO)N(C)C. The van der Waals surface area contributed by atoms with E-state index < -0.39 is 0 Å². The highest BCUT2D eigenvalue weighted by Crippen LogP contribution is 2.19. The molecule has 0 aromatic rings. The van der Waals surface area contributed by atoms with E-state index in [1.54, 1.807) is 6.20 Å². The van der Waals surface area contributed by atoms with Crippen molar-refractivity contribution in [2.24, 2.45) is 0 Å². The van der Waals surface area contributed by atoms with E-state index >= 15 is 0 Å². The van der Waals surface area contributed by atoms with Gasteiger partial charge in [0.15, 0.2) is 0 Å². The normalized spacial score (nSPS) is 11.8. The monoisotopic (exact) mass is 823 g/mol. The van der Waals surface area contributed by atoms with E-state index in [0.717, 1.165) is 103 Å². The lowest BCUT2D eigenvalue weighted by Crippen LogP contribution is -2.32. The Labute approximate surface area is 359 Å². The number of ether oxygens (including phenoxy) is 2. The molecule has 0 saturated heterocycles. The van der Waals surface area contributed by atoms with Gasteiger partial charge in [-0.05, 0) is 83.8 Å². The van der Waals surface area contributed by atoms with Crippen LogP contribution in [0, 0.1) is 0 Å². The first-order valence-electron chi connectivity index (χ1n) is 25.0. The maximum Gasteiger partial charge on any atom is 0.306 e. The highest BCUT2D eigenvalue weighted by atomic mass is 16.5. The van der Waals surface area contributed by atoms with E-state index in [1.165, 1.54) is 135 Å². The van der Waals surface area contributed by atoms with Crippen molar-refractivity contribution in [3.8, 4) is 0 Å². The fourth-order valence-corrected chi connectivity index (χ4v) is 7.65. The van der Waals surface area contributed by atoms with Crippen molar-refractivity contribution in [3.63, 3.8) is 0 Å². The van der Waals surface area contributed by atoms with Crippen LogP contribution in [-0.4, -0.2) is 79.9 Å². The lowest BCUT2D eigenvalue weighted by Gasteiger charge is -2.24. The van der Waals surface area contributed by atoms with E-state index in [-0.39, 0.29) is 18.0 Å². The second-order valence-electron chi connectivity index (χ2n) is 17.3. The number of hydrogen-bond donors (Lipinski definition) is 3. The van der Waals surface area contributed by atoms with E-state index in [9.17, 15) is 9.59 Å². The summed E-state index contributed by atoms with van der Waals surface area (Å²) in [5.74, 6) is 0.840. The summed E-state index contributed by atoms with van der Waals surface area (Å²) in [6.07, 6.45) is 40.9. The fourth-order valence-electron chi connectivity index (χ4n) is 7.65. The van der Waals surface area contributed by atoms with Gasteiger partial charge >= 0.3 is 11.9 Å².